The number of nitrogens with zero attached hydrogens (tertiary/aromatic N) is 1. The molecular weight excluding hydrogens is 375 g/mol. The van der Waals surface area contributed by atoms with Gasteiger partial charge in [0, 0.05) is 19.2 Å². The number of sulfonamides is 1. The van der Waals surface area contributed by atoms with Crippen LogP contribution >= 0.6 is 0 Å². The topological polar surface area (TPSA) is 84.9 Å². The maximum Gasteiger partial charge on any atom is 0.244 e. The number of methoxy groups -OCH3 is 2. The number of benzene rings is 2. The summed E-state index contributed by atoms with van der Waals surface area (Å²) in [5.74, 6) is -0.275. The molecule has 0 radical (unpaired) electrons. The van der Waals surface area contributed by atoms with Crippen molar-refractivity contribution in [2.75, 3.05) is 27.3 Å². The highest BCUT2D eigenvalue weighted by Crippen LogP contribution is 2.34. The molecule has 27 heavy (non-hydrogen) atoms. The first kappa shape index (κ1) is 19.1. The van der Waals surface area contributed by atoms with Gasteiger partial charge >= 0.3 is 0 Å². The summed E-state index contributed by atoms with van der Waals surface area (Å²) in [5, 5.41) is 2.66. The van der Waals surface area contributed by atoms with Crippen LogP contribution in [0, 0.1) is 5.82 Å². The lowest BCUT2D eigenvalue weighted by molar-refractivity contribution is -0.126. The molecule has 1 aliphatic rings. The van der Waals surface area contributed by atoms with Crippen molar-refractivity contribution in [2.24, 2.45) is 0 Å². The number of carbonyl (C=O) groups is 1. The van der Waals surface area contributed by atoms with Gasteiger partial charge in [-0.1, -0.05) is 12.1 Å². The molecular formula is C18H19FN2O5S. The first-order valence-electron chi connectivity index (χ1n) is 8.15. The van der Waals surface area contributed by atoms with Gasteiger partial charge in [0.05, 0.1) is 19.1 Å². The molecule has 3 rings (SSSR count). The van der Waals surface area contributed by atoms with Gasteiger partial charge in [0.2, 0.25) is 15.9 Å². The molecule has 1 unspecified atom stereocenters. The summed E-state index contributed by atoms with van der Waals surface area (Å²) in [4.78, 5) is 12.4. The Labute approximate surface area is 156 Å². The van der Waals surface area contributed by atoms with Crippen LogP contribution in [-0.4, -0.2) is 45.9 Å². The minimum atomic E-state index is -4.02. The predicted molar refractivity (Wildman–Crippen MR) is 95.6 cm³/mol. The summed E-state index contributed by atoms with van der Waals surface area (Å²) >= 11 is 0. The fraction of sp³-hybridized carbons (Fsp3) is 0.278. The van der Waals surface area contributed by atoms with Crippen LogP contribution in [0.15, 0.2) is 47.4 Å². The molecule has 0 saturated carbocycles. The molecule has 0 bridgehead atoms. The number of hydrogen-bond acceptors (Lipinski definition) is 5. The van der Waals surface area contributed by atoms with Crippen molar-refractivity contribution >= 4 is 15.9 Å². The second-order valence-electron chi connectivity index (χ2n) is 5.88. The number of hydrogen-bond donors (Lipinski definition) is 1. The van der Waals surface area contributed by atoms with Crippen molar-refractivity contribution in [3.8, 4) is 11.5 Å². The van der Waals surface area contributed by atoms with E-state index in [4.69, 9.17) is 9.47 Å². The highest BCUT2D eigenvalue weighted by Gasteiger charge is 2.39. The molecule has 9 heteroatoms. The van der Waals surface area contributed by atoms with E-state index in [9.17, 15) is 17.6 Å². The van der Waals surface area contributed by atoms with E-state index in [0.29, 0.717) is 11.3 Å². The van der Waals surface area contributed by atoms with E-state index < -0.39 is 27.8 Å². The number of carbonyl (C=O) groups excluding carboxylic acids is 1. The van der Waals surface area contributed by atoms with Gasteiger partial charge in [0.1, 0.15) is 11.9 Å². The number of amides is 1. The Morgan fingerprint density at radius 3 is 2.37 bits per heavy atom. The quantitative estimate of drug-likeness (QED) is 0.835. The summed E-state index contributed by atoms with van der Waals surface area (Å²) in [5.41, 5.74) is 0.387. The molecule has 1 fully saturated rings. The van der Waals surface area contributed by atoms with Gasteiger partial charge < -0.3 is 14.8 Å². The summed E-state index contributed by atoms with van der Waals surface area (Å²) in [7, 11) is -1.16. The molecule has 1 N–H and O–H groups in total. The van der Waals surface area contributed by atoms with Crippen molar-refractivity contribution in [3.05, 3.63) is 53.8 Å². The normalized spacial score (nSPS) is 18.0. The SMILES string of the molecule is COc1ccc(S(=O)(=O)N2CCNC(=O)C2c2ccc(F)cc2)cc1OC. The average Bonchev–Trinajstić information content (AvgIpc) is 2.68. The van der Waals surface area contributed by atoms with Gasteiger partial charge in [-0.3, -0.25) is 4.79 Å². The average molecular weight is 394 g/mol. The van der Waals surface area contributed by atoms with Crippen LogP contribution in [0.25, 0.3) is 0 Å². The monoisotopic (exact) mass is 394 g/mol. The van der Waals surface area contributed by atoms with E-state index in [0.717, 1.165) is 4.31 Å². The number of rotatable bonds is 5. The Bertz CT molecular complexity index is 947. The third-order valence-corrected chi connectivity index (χ3v) is 6.18. The summed E-state index contributed by atoms with van der Waals surface area (Å²) < 4.78 is 51.1. The molecule has 0 spiro atoms. The van der Waals surface area contributed by atoms with Gasteiger partial charge in [-0.15, -0.1) is 0 Å². The van der Waals surface area contributed by atoms with Crippen molar-refractivity contribution in [2.45, 2.75) is 10.9 Å². The number of piperazine rings is 1. The van der Waals surface area contributed by atoms with E-state index >= 15 is 0 Å². The highest BCUT2D eigenvalue weighted by molar-refractivity contribution is 7.89. The summed E-state index contributed by atoms with van der Waals surface area (Å²) in [6.07, 6.45) is 0. The third kappa shape index (κ3) is 3.60. The van der Waals surface area contributed by atoms with E-state index in [-0.39, 0.29) is 23.7 Å². The molecule has 2 aromatic carbocycles. The first-order chi connectivity index (χ1) is 12.9. The lowest BCUT2D eigenvalue weighted by Crippen LogP contribution is -2.52. The molecule has 1 heterocycles. The second-order valence-corrected chi connectivity index (χ2v) is 7.77. The summed E-state index contributed by atoms with van der Waals surface area (Å²) in [6.45, 7) is 0.271. The maximum absolute atomic E-state index is 13.2. The largest absolute Gasteiger partial charge is 0.493 e. The van der Waals surface area contributed by atoms with Crippen LogP contribution in [0.2, 0.25) is 0 Å². The van der Waals surface area contributed by atoms with Crippen molar-refractivity contribution in [3.63, 3.8) is 0 Å². The third-order valence-electron chi connectivity index (χ3n) is 4.32. The molecule has 1 aliphatic heterocycles. The first-order valence-corrected chi connectivity index (χ1v) is 9.59. The van der Waals surface area contributed by atoms with Crippen molar-refractivity contribution < 1.29 is 27.1 Å². The Balaban J connectivity index is 2.05. The molecule has 0 aromatic heterocycles. The molecule has 1 amide bonds. The zero-order chi connectivity index (χ0) is 19.6. The van der Waals surface area contributed by atoms with Gasteiger partial charge in [-0.05, 0) is 29.8 Å². The lowest BCUT2D eigenvalue weighted by Gasteiger charge is -2.34. The predicted octanol–water partition coefficient (Wildman–Crippen LogP) is 1.70. The van der Waals surface area contributed by atoms with Crippen LogP contribution in [0.1, 0.15) is 11.6 Å². The zero-order valence-corrected chi connectivity index (χ0v) is 15.6. The summed E-state index contributed by atoms with van der Waals surface area (Å²) in [6, 6.07) is 8.34. The molecule has 0 aliphatic carbocycles. The lowest BCUT2D eigenvalue weighted by atomic mass is 10.0. The fourth-order valence-electron chi connectivity index (χ4n) is 2.98. The van der Waals surface area contributed by atoms with Gasteiger partial charge in [0.15, 0.2) is 11.5 Å². The van der Waals surface area contributed by atoms with Crippen molar-refractivity contribution in [1.29, 1.82) is 0 Å². The van der Waals surface area contributed by atoms with Crippen LogP contribution in [-0.2, 0) is 14.8 Å². The standard InChI is InChI=1S/C18H19FN2O5S/c1-25-15-8-7-14(11-16(15)26-2)27(23,24)21-10-9-20-18(22)17(21)12-3-5-13(19)6-4-12/h3-8,11,17H,9-10H2,1-2H3,(H,20,22). The van der Waals surface area contributed by atoms with E-state index in [1.807, 2.05) is 0 Å². The Morgan fingerprint density at radius 2 is 1.74 bits per heavy atom. The number of halogens is 1. The minimum absolute atomic E-state index is 0.0260. The van der Waals surface area contributed by atoms with E-state index in [1.54, 1.807) is 0 Å². The Morgan fingerprint density at radius 1 is 1.07 bits per heavy atom. The molecule has 1 saturated heterocycles. The molecule has 7 nitrogen and oxygen atoms in total. The highest BCUT2D eigenvalue weighted by atomic mass is 32.2. The van der Waals surface area contributed by atoms with E-state index in [2.05, 4.69) is 5.32 Å². The van der Waals surface area contributed by atoms with Gasteiger partial charge in [-0.25, -0.2) is 12.8 Å². The van der Waals surface area contributed by atoms with E-state index in [1.165, 1.54) is 56.7 Å². The molecule has 144 valence electrons. The fourth-order valence-corrected chi connectivity index (χ4v) is 4.57. The van der Waals surface area contributed by atoms with Gasteiger partial charge in [-0.2, -0.15) is 4.31 Å². The van der Waals surface area contributed by atoms with Crippen LogP contribution < -0.4 is 14.8 Å². The molecule has 2 aromatic rings. The van der Waals surface area contributed by atoms with Crippen LogP contribution in [0.3, 0.4) is 0 Å². The number of ether oxygens (including phenoxy) is 2. The zero-order valence-electron chi connectivity index (χ0n) is 14.8. The second kappa shape index (κ2) is 7.53. The van der Waals surface area contributed by atoms with Crippen molar-refractivity contribution in [1.82, 2.24) is 9.62 Å². The molecule has 1 atom stereocenters. The minimum Gasteiger partial charge on any atom is -0.493 e. The van der Waals surface area contributed by atoms with Gasteiger partial charge in [0.25, 0.3) is 0 Å². The smallest absolute Gasteiger partial charge is 0.244 e. The maximum atomic E-state index is 13.2. The van der Waals surface area contributed by atoms with Crippen LogP contribution in [0.4, 0.5) is 4.39 Å². The Hall–Kier alpha value is -2.65. The number of nitrogens with one attached hydrogen (secondary N) is 1. The van der Waals surface area contributed by atoms with Crippen LogP contribution in [0.5, 0.6) is 11.5 Å². The Kier molecular flexibility index (Phi) is 5.33.